The second kappa shape index (κ2) is 12.6. The fourth-order valence-corrected chi connectivity index (χ4v) is 7.91. The lowest BCUT2D eigenvalue weighted by molar-refractivity contribution is 0.203. The number of likely N-dealkylation sites (tertiary alicyclic amines) is 1. The van der Waals surface area contributed by atoms with E-state index >= 15 is 0 Å². The smallest absolute Gasteiger partial charge is 0.147 e. The van der Waals surface area contributed by atoms with Crippen LogP contribution in [0.5, 0.6) is 0 Å². The summed E-state index contributed by atoms with van der Waals surface area (Å²) in [6.07, 6.45) is 17.7. The molecule has 0 spiro atoms. The van der Waals surface area contributed by atoms with E-state index in [2.05, 4.69) is 58.3 Å². The van der Waals surface area contributed by atoms with Gasteiger partial charge >= 0.3 is 0 Å². The summed E-state index contributed by atoms with van der Waals surface area (Å²) in [5, 5.41) is 20.2. The molecule has 2 aliphatic carbocycles. The zero-order valence-corrected chi connectivity index (χ0v) is 22.8. The SMILES string of the molecule is CC(c1ccc(-c2nnc(C3CCC(C#CO)CC3)s2)cc1)C1CCCN(CC2CCCCC2)CC1. The third kappa shape index (κ3) is 6.50. The number of rotatable bonds is 6. The predicted octanol–water partition coefficient (Wildman–Crippen LogP) is 7.60. The van der Waals surface area contributed by atoms with E-state index in [1.807, 2.05) is 0 Å². The number of hydrogen-bond acceptors (Lipinski definition) is 5. The summed E-state index contributed by atoms with van der Waals surface area (Å²) in [6.45, 7) is 6.37. The van der Waals surface area contributed by atoms with E-state index in [0.29, 0.717) is 17.8 Å². The first kappa shape index (κ1) is 25.7. The minimum atomic E-state index is 0.335. The molecule has 1 saturated heterocycles. The van der Waals surface area contributed by atoms with Gasteiger partial charge < -0.3 is 10.0 Å². The molecule has 0 radical (unpaired) electrons. The largest absolute Gasteiger partial charge is 0.462 e. The molecule has 2 atom stereocenters. The Morgan fingerprint density at radius 1 is 0.917 bits per heavy atom. The lowest BCUT2D eigenvalue weighted by Crippen LogP contribution is -2.31. The monoisotopic (exact) mass is 505 g/mol. The van der Waals surface area contributed by atoms with Crippen molar-refractivity contribution in [3.63, 3.8) is 0 Å². The van der Waals surface area contributed by atoms with Crippen molar-refractivity contribution in [1.82, 2.24) is 15.1 Å². The van der Waals surface area contributed by atoms with E-state index in [4.69, 9.17) is 5.11 Å². The summed E-state index contributed by atoms with van der Waals surface area (Å²) in [6, 6.07) is 9.20. The Morgan fingerprint density at radius 3 is 2.44 bits per heavy atom. The van der Waals surface area contributed by atoms with Crippen LogP contribution in [0, 0.1) is 29.8 Å². The van der Waals surface area contributed by atoms with Crippen LogP contribution in [0.4, 0.5) is 0 Å². The van der Waals surface area contributed by atoms with E-state index < -0.39 is 0 Å². The molecule has 5 rings (SSSR count). The molecule has 0 amide bonds. The minimum Gasteiger partial charge on any atom is -0.462 e. The van der Waals surface area contributed by atoms with Crippen molar-refractivity contribution in [3.05, 3.63) is 34.8 Å². The van der Waals surface area contributed by atoms with Gasteiger partial charge in [-0.1, -0.05) is 67.7 Å². The Hall–Kier alpha value is -1.90. The van der Waals surface area contributed by atoms with Crippen molar-refractivity contribution in [1.29, 1.82) is 0 Å². The molecular weight excluding hydrogens is 462 g/mol. The van der Waals surface area contributed by atoms with Crippen LogP contribution in [0.15, 0.2) is 24.3 Å². The van der Waals surface area contributed by atoms with Gasteiger partial charge in [-0.25, -0.2) is 0 Å². The number of aromatic nitrogens is 2. The van der Waals surface area contributed by atoms with Crippen molar-refractivity contribution < 1.29 is 5.11 Å². The quantitative estimate of drug-likeness (QED) is 0.411. The van der Waals surface area contributed by atoms with Gasteiger partial charge in [0.2, 0.25) is 0 Å². The molecule has 3 aliphatic rings. The van der Waals surface area contributed by atoms with Gasteiger partial charge in [0.25, 0.3) is 0 Å². The van der Waals surface area contributed by atoms with E-state index in [1.165, 1.54) is 82.1 Å². The zero-order chi connectivity index (χ0) is 24.7. The first-order chi connectivity index (χ1) is 17.7. The predicted molar refractivity (Wildman–Crippen MR) is 149 cm³/mol. The molecule has 4 nitrogen and oxygen atoms in total. The second-order valence-corrected chi connectivity index (χ2v) is 12.7. The van der Waals surface area contributed by atoms with Crippen molar-refractivity contribution in [2.75, 3.05) is 19.6 Å². The Kier molecular flexibility index (Phi) is 8.98. The maximum absolute atomic E-state index is 8.85. The molecule has 1 aromatic carbocycles. The highest BCUT2D eigenvalue weighted by Gasteiger charge is 2.26. The van der Waals surface area contributed by atoms with E-state index in [9.17, 15) is 0 Å². The van der Waals surface area contributed by atoms with Crippen LogP contribution < -0.4 is 0 Å². The number of aliphatic hydroxyl groups is 1. The van der Waals surface area contributed by atoms with Gasteiger partial charge in [-0.15, -0.1) is 10.2 Å². The Bertz CT molecular complexity index is 1010. The molecule has 1 aromatic heterocycles. The summed E-state index contributed by atoms with van der Waals surface area (Å²) in [5.41, 5.74) is 2.66. The molecule has 2 aromatic rings. The molecule has 5 heteroatoms. The van der Waals surface area contributed by atoms with Gasteiger partial charge in [-0.2, -0.15) is 0 Å². The summed E-state index contributed by atoms with van der Waals surface area (Å²) in [4.78, 5) is 2.78. The molecule has 0 bridgehead atoms. The maximum Gasteiger partial charge on any atom is 0.147 e. The molecule has 1 N–H and O–H groups in total. The van der Waals surface area contributed by atoms with Crippen LogP contribution in [0.1, 0.15) is 106 Å². The van der Waals surface area contributed by atoms with Crippen LogP contribution in [0.2, 0.25) is 0 Å². The number of benzene rings is 1. The highest BCUT2D eigenvalue weighted by atomic mass is 32.1. The topological polar surface area (TPSA) is 49.3 Å². The van der Waals surface area contributed by atoms with Crippen molar-refractivity contribution in [3.8, 4) is 22.6 Å². The van der Waals surface area contributed by atoms with Crippen LogP contribution in [-0.4, -0.2) is 39.8 Å². The lowest BCUT2D eigenvalue weighted by Gasteiger charge is -2.29. The van der Waals surface area contributed by atoms with Crippen LogP contribution >= 0.6 is 11.3 Å². The standard InChI is InChI=1S/C31H43N3OS/c1-23(26-8-5-19-34(20-17-26)22-25-6-3-2-4-7-25)27-13-15-29(16-14-27)31-33-32-30(36-31)28-11-9-24(10-12-28)18-21-35/h13-16,23-26,28,35H,2-12,17,19-20,22H2,1H3. The normalized spacial score (nSPS) is 27.1. The first-order valence-corrected chi connectivity index (χ1v) is 15.3. The number of hydrogen-bond donors (Lipinski definition) is 1. The molecule has 2 unspecified atom stereocenters. The summed E-state index contributed by atoms with van der Waals surface area (Å²) in [7, 11) is 0. The fraction of sp³-hybridized carbons (Fsp3) is 0.677. The molecule has 2 saturated carbocycles. The van der Waals surface area contributed by atoms with Gasteiger partial charge in [-0.3, -0.25) is 0 Å². The molecule has 36 heavy (non-hydrogen) atoms. The Labute approximate surface area is 221 Å². The lowest BCUT2D eigenvalue weighted by atomic mass is 9.83. The Morgan fingerprint density at radius 2 is 1.69 bits per heavy atom. The third-order valence-corrected chi connectivity index (χ3v) is 10.4. The summed E-state index contributed by atoms with van der Waals surface area (Å²) < 4.78 is 0. The van der Waals surface area contributed by atoms with E-state index in [0.717, 1.165) is 47.5 Å². The molecule has 2 heterocycles. The van der Waals surface area contributed by atoms with Crippen LogP contribution in [0.25, 0.3) is 10.6 Å². The average Bonchev–Trinajstić information content (AvgIpc) is 3.30. The van der Waals surface area contributed by atoms with Gasteiger partial charge in [-0.05, 0) is 94.2 Å². The average molecular weight is 506 g/mol. The molecule has 1 aliphatic heterocycles. The van der Waals surface area contributed by atoms with Crippen LogP contribution in [-0.2, 0) is 0 Å². The molecule has 3 fully saturated rings. The second-order valence-electron chi connectivity index (χ2n) is 11.7. The van der Waals surface area contributed by atoms with Crippen molar-refractivity contribution in [2.24, 2.45) is 17.8 Å². The number of aliphatic hydroxyl groups excluding tert-OH is 1. The van der Waals surface area contributed by atoms with Crippen LogP contribution in [0.3, 0.4) is 0 Å². The van der Waals surface area contributed by atoms with Gasteiger partial charge in [0.1, 0.15) is 16.1 Å². The zero-order valence-electron chi connectivity index (χ0n) is 22.0. The highest BCUT2D eigenvalue weighted by molar-refractivity contribution is 7.14. The van der Waals surface area contributed by atoms with E-state index in [-0.39, 0.29) is 0 Å². The summed E-state index contributed by atoms with van der Waals surface area (Å²) >= 11 is 1.75. The maximum atomic E-state index is 8.85. The van der Waals surface area contributed by atoms with Gasteiger partial charge in [0.15, 0.2) is 0 Å². The third-order valence-electron chi connectivity index (χ3n) is 9.28. The van der Waals surface area contributed by atoms with Crippen molar-refractivity contribution in [2.45, 2.75) is 95.8 Å². The van der Waals surface area contributed by atoms with Gasteiger partial charge in [0, 0.05) is 23.9 Å². The first-order valence-electron chi connectivity index (χ1n) is 14.5. The number of nitrogens with zero attached hydrogens (tertiary/aromatic N) is 3. The highest BCUT2D eigenvalue weighted by Crippen LogP contribution is 2.39. The molecule has 194 valence electrons. The summed E-state index contributed by atoms with van der Waals surface area (Å²) in [5.74, 6) is 6.09. The molecular formula is C31H43N3OS. The fourth-order valence-electron chi connectivity index (χ4n) is 6.89. The Balaban J connectivity index is 1.15. The van der Waals surface area contributed by atoms with E-state index in [1.54, 1.807) is 11.3 Å². The van der Waals surface area contributed by atoms with Gasteiger partial charge in [0.05, 0.1) is 0 Å². The minimum absolute atomic E-state index is 0.335. The van der Waals surface area contributed by atoms with Crippen molar-refractivity contribution >= 4 is 11.3 Å².